The Morgan fingerprint density at radius 2 is 2.04 bits per heavy atom. The van der Waals surface area contributed by atoms with E-state index in [9.17, 15) is 14.9 Å². The summed E-state index contributed by atoms with van der Waals surface area (Å²) in [6, 6.07) is 10.2. The molecule has 1 aromatic heterocycles. The van der Waals surface area contributed by atoms with Crippen molar-refractivity contribution in [2.45, 2.75) is 19.9 Å². The van der Waals surface area contributed by atoms with E-state index in [2.05, 4.69) is 10.2 Å². The third kappa shape index (κ3) is 3.99. The molecule has 7 nitrogen and oxygen atoms in total. The van der Waals surface area contributed by atoms with Crippen LogP contribution in [-0.2, 0) is 0 Å². The molecule has 28 heavy (non-hydrogen) atoms. The monoisotopic (exact) mass is 401 g/mol. The highest BCUT2D eigenvalue weighted by Gasteiger charge is 2.20. The fourth-order valence-corrected chi connectivity index (χ4v) is 4.56. The molecule has 0 saturated carbocycles. The van der Waals surface area contributed by atoms with Crippen molar-refractivity contribution in [1.82, 2.24) is 4.90 Å². The molecule has 0 unspecified atom stereocenters. The van der Waals surface area contributed by atoms with Gasteiger partial charge in [-0.15, -0.1) is 11.3 Å². The van der Waals surface area contributed by atoms with E-state index in [4.69, 9.17) is 5.11 Å². The zero-order chi connectivity index (χ0) is 20.3. The molecule has 3 rings (SSSR count). The van der Waals surface area contributed by atoms with Gasteiger partial charge in [0.05, 0.1) is 16.9 Å². The third-order valence-corrected chi connectivity index (χ3v) is 5.90. The number of aliphatic hydroxyl groups is 1. The van der Waals surface area contributed by atoms with Crippen LogP contribution in [0.4, 0.5) is 11.4 Å². The zero-order valence-electron chi connectivity index (χ0n) is 15.8. The van der Waals surface area contributed by atoms with Crippen LogP contribution in [-0.4, -0.2) is 47.2 Å². The number of rotatable bonds is 8. The van der Waals surface area contributed by atoms with Crippen LogP contribution in [0.15, 0.2) is 41.2 Å². The number of nitrogens with one attached hydrogen (secondary N) is 1. The van der Waals surface area contributed by atoms with E-state index in [1.54, 1.807) is 24.3 Å². The van der Waals surface area contributed by atoms with Crippen LogP contribution in [0, 0.1) is 10.1 Å². The van der Waals surface area contributed by atoms with Crippen LogP contribution in [0.25, 0.3) is 20.2 Å². The topological polar surface area (TPSA) is 95.7 Å². The Balaban J connectivity index is 2.10. The first kappa shape index (κ1) is 20.2. The lowest BCUT2D eigenvalue weighted by Gasteiger charge is -2.25. The maximum Gasteiger partial charge on any atom is 0.287 e. The highest BCUT2D eigenvalue weighted by Crippen LogP contribution is 2.35. The second kappa shape index (κ2) is 8.64. The van der Waals surface area contributed by atoms with Crippen molar-refractivity contribution in [3.63, 3.8) is 0 Å². The molecule has 148 valence electrons. The highest BCUT2D eigenvalue weighted by molar-refractivity contribution is 7.25. The Kier molecular flexibility index (Phi) is 6.23. The minimum atomic E-state index is -0.444. The Labute approximate surface area is 166 Å². The van der Waals surface area contributed by atoms with Gasteiger partial charge in [-0.25, -0.2) is 0 Å². The van der Waals surface area contributed by atoms with Crippen molar-refractivity contribution in [2.75, 3.05) is 31.6 Å². The van der Waals surface area contributed by atoms with E-state index in [-0.39, 0.29) is 23.8 Å². The number of anilines is 1. The van der Waals surface area contributed by atoms with Crippen molar-refractivity contribution >= 4 is 42.9 Å². The van der Waals surface area contributed by atoms with Gasteiger partial charge in [0.1, 0.15) is 4.70 Å². The molecule has 0 saturated heterocycles. The van der Waals surface area contributed by atoms with Gasteiger partial charge >= 0.3 is 0 Å². The number of aliphatic hydroxyl groups excluding tert-OH is 1. The van der Waals surface area contributed by atoms with E-state index in [1.165, 1.54) is 17.4 Å². The summed E-state index contributed by atoms with van der Waals surface area (Å²) in [5.74, 6) is 0. The van der Waals surface area contributed by atoms with Crippen molar-refractivity contribution in [2.24, 2.45) is 0 Å². The zero-order valence-corrected chi connectivity index (χ0v) is 16.7. The van der Waals surface area contributed by atoms with Crippen LogP contribution >= 0.6 is 11.3 Å². The normalized spacial score (nSPS) is 12.6. The fourth-order valence-electron chi connectivity index (χ4n) is 3.37. The van der Waals surface area contributed by atoms with Crippen molar-refractivity contribution in [3.8, 4) is 0 Å². The third-order valence-electron chi connectivity index (χ3n) is 4.70. The second-order valence-corrected chi connectivity index (χ2v) is 7.74. The molecule has 0 amide bonds. The van der Waals surface area contributed by atoms with Gasteiger partial charge in [0, 0.05) is 41.0 Å². The molecule has 0 fully saturated rings. The summed E-state index contributed by atoms with van der Waals surface area (Å²) in [6.45, 7) is 6.14. The molecule has 0 aliphatic rings. The predicted octanol–water partition coefficient (Wildman–Crippen LogP) is 3.44. The Morgan fingerprint density at radius 3 is 2.71 bits per heavy atom. The van der Waals surface area contributed by atoms with Crippen LogP contribution in [0.2, 0.25) is 0 Å². The summed E-state index contributed by atoms with van der Waals surface area (Å²) < 4.78 is 1.11. The average molecular weight is 401 g/mol. The number of fused-ring (bicyclic) bond motifs is 2. The molecule has 3 aromatic rings. The van der Waals surface area contributed by atoms with Crippen LogP contribution in [0.5, 0.6) is 0 Å². The lowest BCUT2D eigenvalue weighted by molar-refractivity contribution is -0.382. The number of benzene rings is 2. The van der Waals surface area contributed by atoms with E-state index in [0.717, 1.165) is 11.2 Å². The molecule has 0 radical (unpaired) electrons. The minimum absolute atomic E-state index is 0.00738. The number of nitro benzene ring substituents is 1. The van der Waals surface area contributed by atoms with Crippen molar-refractivity contribution in [3.05, 3.63) is 56.7 Å². The second-order valence-electron chi connectivity index (χ2n) is 6.68. The summed E-state index contributed by atoms with van der Waals surface area (Å²) in [6.07, 6.45) is 0. The Hall–Kier alpha value is -2.55. The Bertz CT molecular complexity index is 1070. The molecule has 0 bridgehead atoms. The van der Waals surface area contributed by atoms with E-state index in [1.807, 2.05) is 19.9 Å². The molecule has 1 heterocycles. The quantitative estimate of drug-likeness (QED) is 0.341. The van der Waals surface area contributed by atoms with Crippen LogP contribution in [0.3, 0.4) is 0 Å². The maximum absolute atomic E-state index is 13.1. The smallest absolute Gasteiger partial charge is 0.287 e. The van der Waals surface area contributed by atoms with Gasteiger partial charge < -0.3 is 10.4 Å². The Morgan fingerprint density at radius 1 is 1.29 bits per heavy atom. The van der Waals surface area contributed by atoms with Crippen LogP contribution < -0.4 is 10.7 Å². The highest BCUT2D eigenvalue weighted by atomic mass is 32.1. The SMILES string of the molecule is CCN(CCO)C[C@H](C)Nc1ccc([N+](=O)[O-])c2sc3ccccc3c(=O)c12. The van der Waals surface area contributed by atoms with Gasteiger partial charge in [0.15, 0.2) is 5.43 Å². The van der Waals surface area contributed by atoms with E-state index in [0.29, 0.717) is 34.2 Å². The summed E-state index contributed by atoms with van der Waals surface area (Å²) in [5.41, 5.74) is 0.335. The molecule has 0 aliphatic heterocycles. The van der Waals surface area contributed by atoms with Gasteiger partial charge in [-0.05, 0) is 31.7 Å². The molecule has 2 aromatic carbocycles. The van der Waals surface area contributed by atoms with Gasteiger partial charge in [-0.2, -0.15) is 0 Å². The first-order chi connectivity index (χ1) is 13.5. The molecular formula is C20H23N3O4S. The molecule has 0 spiro atoms. The first-order valence-corrected chi connectivity index (χ1v) is 10.0. The van der Waals surface area contributed by atoms with Crippen molar-refractivity contribution < 1.29 is 10.0 Å². The molecule has 2 N–H and O–H groups in total. The van der Waals surface area contributed by atoms with E-state index < -0.39 is 4.92 Å². The largest absolute Gasteiger partial charge is 0.395 e. The van der Waals surface area contributed by atoms with Crippen molar-refractivity contribution in [1.29, 1.82) is 0 Å². The lowest BCUT2D eigenvalue weighted by atomic mass is 10.1. The minimum Gasteiger partial charge on any atom is -0.395 e. The van der Waals surface area contributed by atoms with Gasteiger partial charge in [0.25, 0.3) is 5.69 Å². The predicted molar refractivity (Wildman–Crippen MR) is 115 cm³/mol. The van der Waals surface area contributed by atoms with Gasteiger partial charge in [-0.3, -0.25) is 19.8 Å². The molecule has 8 heteroatoms. The number of non-ortho nitro benzene ring substituents is 1. The van der Waals surface area contributed by atoms with Crippen LogP contribution in [0.1, 0.15) is 13.8 Å². The first-order valence-electron chi connectivity index (χ1n) is 9.19. The molecule has 1 atom stereocenters. The fraction of sp³-hybridized carbons (Fsp3) is 0.350. The van der Waals surface area contributed by atoms with Gasteiger partial charge in [0.2, 0.25) is 0 Å². The summed E-state index contributed by atoms with van der Waals surface area (Å²) in [4.78, 5) is 26.3. The van der Waals surface area contributed by atoms with Gasteiger partial charge in [-0.1, -0.05) is 19.1 Å². The number of nitrogens with zero attached hydrogens (tertiary/aromatic N) is 2. The maximum atomic E-state index is 13.1. The standard InChI is InChI=1S/C20H23N3O4S/c1-3-22(10-11-24)12-13(2)21-15-8-9-16(23(26)27)20-18(15)19(25)14-6-4-5-7-17(14)28-20/h4-9,13,21,24H,3,10-12H2,1-2H3/t13-/m0/s1. The van der Waals surface area contributed by atoms with E-state index >= 15 is 0 Å². The number of likely N-dealkylation sites (N-methyl/N-ethyl adjacent to an activating group) is 1. The number of hydrogen-bond donors (Lipinski definition) is 2. The molecular weight excluding hydrogens is 378 g/mol. The number of hydrogen-bond acceptors (Lipinski definition) is 7. The average Bonchev–Trinajstić information content (AvgIpc) is 2.67. The lowest BCUT2D eigenvalue weighted by Crippen LogP contribution is -2.36. The summed E-state index contributed by atoms with van der Waals surface area (Å²) in [7, 11) is 0. The summed E-state index contributed by atoms with van der Waals surface area (Å²) in [5, 5.41) is 24.9. The number of nitro groups is 1. The molecule has 0 aliphatic carbocycles. The summed E-state index contributed by atoms with van der Waals surface area (Å²) >= 11 is 1.26.